The highest BCUT2D eigenvalue weighted by atomic mass is 32.2. The zero-order valence-corrected chi connectivity index (χ0v) is 11.4. The van der Waals surface area contributed by atoms with Crippen molar-refractivity contribution in [2.24, 2.45) is 0 Å². The first-order valence-electron chi connectivity index (χ1n) is 5.92. The van der Waals surface area contributed by atoms with Gasteiger partial charge in [0.25, 0.3) is 0 Å². The molecule has 6 heteroatoms. The van der Waals surface area contributed by atoms with Crippen LogP contribution in [0.4, 0.5) is 0 Å². The summed E-state index contributed by atoms with van der Waals surface area (Å²) in [6.45, 7) is 3.53. The maximum Gasteiger partial charge on any atom is 0.235 e. The van der Waals surface area contributed by atoms with Crippen molar-refractivity contribution in [3.05, 3.63) is 48.6 Å². The Bertz CT molecular complexity index is 512. The molecular formula is C13H18N2O3S. The van der Waals surface area contributed by atoms with Gasteiger partial charge in [-0.2, -0.15) is 0 Å². The summed E-state index contributed by atoms with van der Waals surface area (Å²) >= 11 is 0. The topological polar surface area (TPSA) is 75.3 Å². The van der Waals surface area contributed by atoms with Crippen LogP contribution in [0.15, 0.2) is 43.0 Å². The molecule has 0 atom stereocenters. The molecule has 1 amide bonds. The van der Waals surface area contributed by atoms with Gasteiger partial charge in [0, 0.05) is 6.54 Å². The lowest BCUT2D eigenvalue weighted by atomic mass is 10.2. The van der Waals surface area contributed by atoms with Crippen molar-refractivity contribution < 1.29 is 13.2 Å². The summed E-state index contributed by atoms with van der Waals surface area (Å²) in [5.74, 6) is -0.408. The van der Waals surface area contributed by atoms with Crippen LogP contribution in [0, 0.1) is 0 Å². The molecule has 0 aliphatic heterocycles. The third-order valence-electron chi connectivity index (χ3n) is 2.40. The Kier molecular flexibility index (Phi) is 6.24. The lowest BCUT2D eigenvalue weighted by molar-refractivity contribution is -0.119. The highest BCUT2D eigenvalue weighted by Gasteiger charge is 2.12. The Hall–Kier alpha value is -1.66. The molecule has 0 aliphatic rings. The minimum atomic E-state index is -3.44. The van der Waals surface area contributed by atoms with Gasteiger partial charge in [0.15, 0.2) is 0 Å². The minimum absolute atomic E-state index is 0.0360. The quantitative estimate of drug-likeness (QED) is 0.680. The zero-order valence-electron chi connectivity index (χ0n) is 10.6. The summed E-state index contributed by atoms with van der Waals surface area (Å²) in [5, 5.41) is 2.49. The third kappa shape index (κ3) is 6.73. The van der Waals surface area contributed by atoms with Crippen LogP contribution in [0.3, 0.4) is 0 Å². The molecular weight excluding hydrogens is 264 g/mol. The van der Waals surface area contributed by atoms with Crippen molar-refractivity contribution in [2.75, 3.05) is 18.8 Å². The smallest absolute Gasteiger partial charge is 0.235 e. The lowest BCUT2D eigenvalue weighted by Gasteiger charge is -2.06. The van der Waals surface area contributed by atoms with Gasteiger partial charge < -0.3 is 5.32 Å². The molecule has 0 aromatic heterocycles. The fourth-order valence-corrected chi connectivity index (χ4v) is 2.39. The molecule has 104 valence electrons. The first kappa shape index (κ1) is 15.4. The molecule has 0 unspecified atom stereocenters. The summed E-state index contributed by atoms with van der Waals surface area (Å²) in [7, 11) is -3.44. The Morgan fingerprint density at radius 1 is 1.26 bits per heavy atom. The molecule has 0 radical (unpaired) electrons. The van der Waals surface area contributed by atoms with E-state index in [1.807, 2.05) is 30.3 Å². The minimum Gasteiger partial charge on any atom is -0.352 e. The van der Waals surface area contributed by atoms with E-state index in [9.17, 15) is 13.2 Å². The summed E-state index contributed by atoms with van der Waals surface area (Å²) in [4.78, 5) is 11.2. The van der Waals surface area contributed by atoms with Gasteiger partial charge >= 0.3 is 0 Å². The van der Waals surface area contributed by atoms with Crippen LogP contribution in [0.25, 0.3) is 0 Å². The van der Waals surface area contributed by atoms with Crippen molar-refractivity contribution in [1.29, 1.82) is 0 Å². The molecule has 0 saturated carbocycles. The van der Waals surface area contributed by atoms with E-state index in [-0.39, 0.29) is 18.2 Å². The van der Waals surface area contributed by atoms with Gasteiger partial charge in [-0.15, -0.1) is 6.58 Å². The van der Waals surface area contributed by atoms with Crippen LogP contribution >= 0.6 is 0 Å². The second-order valence-electron chi connectivity index (χ2n) is 3.97. The molecule has 1 aromatic rings. The first-order valence-corrected chi connectivity index (χ1v) is 7.57. The fourth-order valence-electron chi connectivity index (χ4n) is 1.39. The highest BCUT2D eigenvalue weighted by molar-refractivity contribution is 7.89. The third-order valence-corrected chi connectivity index (χ3v) is 3.72. The van der Waals surface area contributed by atoms with Gasteiger partial charge in [-0.05, 0) is 12.0 Å². The SMILES string of the molecule is C=CCNC(=O)CNS(=O)(=O)CCc1ccccc1. The van der Waals surface area contributed by atoms with Gasteiger partial charge in [0.1, 0.15) is 0 Å². The number of hydrogen-bond donors (Lipinski definition) is 2. The Morgan fingerprint density at radius 3 is 2.58 bits per heavy atom. The number of benzene rings is 1. The number of aryl methyl sites for hydroxylation is 1. The standard InChI is InChI=1S/C13H18N2O3S/c1-2-9-14-13(16)11-15-19(17,18)10-8-12-6-4-3-5-7-12/h2-7,15H,1,8-11H2,(H,14,16). The molecule has 1 aromatic carbocycles. The monoisotopic (exact) mass is 282 g/mol. The van der Waals surface area contributed by atoms with Crippen LogP contribution in [-0.4, -0.2) is 33.2 Å². The number of carbonyl (C=O) groups excluding carboxylic acids is 1. The molecule has 0 spiro atoms. The molecule has 0 heterocycles. The Morgan fingerprint density at radius 2 is 1.95 bits per heavy atom. The maximum atomic E-state index is 11.7. The van der Waals surface area contributed by atoms with Gasteiger partial charge in [0.05, 0.1) is 12.3 Å². The number of nitrogens with one attached hydrogen (secondary N) is 2. The molecule has 19 heavy (non-hydrogen) atoms. The average Bonchev–Trinajstić information content (AvgIpc) is 2.42. The number of sulfonamides is 1. The molecule has 1 rings (SSSR count). The van der Waals surface area contributed by atoms with E-state index in [1.54, 1.807) is 0 Å². The predicted molar refractivity (Wildman–Crippen MR) is 75.1 cm³/mol. The maximum absolute atomic E-state index is 11.7. The number of rotatable bonds is 8. The summed E-state index contributed by atoms with van der Waals surface area (Å²) in [5.41, 5.74) is 0.948. The van der Waals surface area contributed by atoms with E-state index < -0.39 is 10.0 Å². The van der Waals surface area contributed by atoms with Gasteiger partial charge in [0.2, 0.25) is 15.9 Å². The Balaban J connectivity index is 2.36. The first-order chi connectivity index (χ1) is 9.03. The largest absolute Gasteiger partial charge is 0.352 e. The van der Waals surface area contributed by atoms with Crippen molar-refractivity contribution in [1.82, 2.24) is 10.0 Å². The molecule has 5 nitrogen and oxygen atoms in total. The number of hydrogen-bond acceptors (Lipinski definition) is 3. The summed E-state index contributed by atoms with van der Waals surface area (Å²) in [6, 6.07) is 9.33. The van der Waals surface area contributed by atoms with Gasteiger partial charge in [-0.25, -0.2) is 13.1 Å². The van der Waals surface area contributed by atoms with Crippen LogP contribution in [0.1, 0.15) is 5.56 Å². The fraction of sp³-hybridized carbons (Fsp3) is 0.308. The van der Waals surface area contributed by atoms with Crippen molar-refractivity contribution in [2.45, 2.75) is 6.42 Å². The normalized spacial score (nSPS) is 10.9. The molecule has 2 N–H and O–H groups in total. The molecule has 0 bridgehead atoms. The summed E-state index contributed by atoms with van der Waals surface area (Å²) in [6.07, 6.45) is 1.95. The van der Waals surface area contributed by atoms with E-state index >= 15 is 0 Å². The zero-order chi connectivity index (χ0) is 14.1. The van der Waals surface area contributed by atoms with Crippen LogP contribution in [-0.2, 0) is 21.2 Å². The van der Waals surface area contributed by atoms with Gasteiger partial charge in [-0.1, -0.05) is 36.4 Å². The van der Waals surface area contributed by atoms with E-state index in [4.69, 9.17) is 0 Å². The van der Waals surface area contributed by atoms with Gasteiger partial charge in [-0.3, -0.25) is 4.79 Å². The summed E-state index contributed by atoms with van der Waals surface area (Å²) < 4.78 is 25.6. The van der Waals surface area contributed by atoms with Crippen LogP contribution in [0.5, 0.6) is 0 Å². The number of amides is 1. The lowest BCUT2D eigenvalue weighted by Crippen LogP contribution is -2.38. The van der Waals surface area contributed by atoms with Crippen molar-refractivity contribution in [3.63, 3.8) is 0 Å². The van der Waals surface area contributed by atoms with E-state index in [0.29, 0.717) is 13.0 Å². The highest BCUT2D eigenvalue weighted by Crippen LogP contribution is 2.01. The van der Waals surface area contributed by atoms with E-state index in [2.05, 4.69) is 16.6 Å². The van der Waals surface area contributed by atoms with E-state index in [0.717, 1.165) is 5.56 Å². The van der Waals surface area contributed by atoms with Crippen LogP contribution < -0.4 is 10.0 Å². The van der Waals surface area contributed by atoms with Crippen LogP contribution in [0.2, 0.25) is 0 Å². The molecule has 0 saturated heterocycles. The Labute approximate surface area is 113 Å². The average molecular weight is 282 g/mol. The van der Waals surface area contributed by atoms with Crippen molar-refractivity contribution in [3.8, 4) is 0 Å². The number of carbonyl (C=O) groups is 1. The van der Waals surface area contributed by atoms with Crippen molar-refractivity contribution >= 4 is 15.9 Å². The second-order valence-corrected chi connectivity index (χ2v) is 5.89. The molecule has 0 fully saturated rings. The predicted octanol–water partition coefficient (Wildman–Crippen LogP) is 0.451. The van der Waals surface area contributed by atoms with E-state index in [1.165, 1.54) is 6.08 Å². The molecule has 0 aliphatic carbocycles. The second kappa shape index (κ2) is 7.70.